The van der Waals surface area contributed by atoms with E-state index < -0.39 is 0 Å². The molecule has 1 amide bonds. The number of likely N-dealkylation sites (tertiary alicyclic amines) is 1. The van der Waals surface area contributed by atoms with Gasteiger partial charge in [0.05, 0.1) is 24.4 Å². The summed E-state index contributed by atoms with van der Waals surface area (Å²) in [6, 6.07) is 1.67. The summed E-state index contributed by atoms with van der Waals surface area (Å²) in [4.78, 5) is 25.8. The molecule has 2 heterocycles. The molecule has 0 aliphatic carbocycles. The Labute approximate surface area is 112 Å². The number of piperidine rings is 1. The lowest BCUT2D eigenvalue weighted by Gasteiger charge is -2.31. The largest absolute Gasteiger partial charge is 0.469 e. The molecule has 1 aromatic heterocycles. The number of carbonyl (C=O) groups excluding carboxylic acids is 2. The Hall–Kier alpha value is -1.78. The molecule has 0 unspecified atom stereocenters. The maximum Gasteiger partial charge on any atom is 0.310 e. The number of esters is 1. The van der Waals surface area contributed by atoms with Crippen molar-refractivity contribution in [1.29, 1.82) is 0 Å². The zero-order valence-electron chi connectivity index (χ0n) is 11.3. The van der Waals surface area contributed by atoms with Crippen LogP contribution >= 0.6 is 0 Å². The maximum atomic E-state index is 12.3. The van der Waals surface area contributed by atoms with E-state index in [1.807, 2.05) is 0 Å². The van der Waals surface area contributed by atoms with Crippen molar-refractivity contribution in [3.05, 3.63) is 23.7 Å². The summed E-state index contributed by atoms with van der Waals surface area (Å²) in [7, 11) is 0. The van der Waals surface area contributed by atoms with Crippen LogP contribution in [0.4, 0.5) is 0 Å². The fourth-order valence-electron chi connectivity index (χ4n) is 2.39. The smallest absolute Gasteiger partial charge is 0.310 e. The van der Waals surface area contributed by atoms with Gasteiger partial charge >= 0.3 is 5.97 Å². The van der Waals surface area contributed by atoms with Crippen molar-refractivity contribution in [2.45, 2.75) is 26.7 Å². The summed E-state index contributed by atoms with van der Waals surface area (Å²) in [6.45, 7) is 5.05. The van der Waals surface area contributed by atoms with E-state index in [9.17, 15) is 9.59 Å². The molecule has 0 saturated carbocycles. The second-order valence-electron chi connectivity index (χ2n) is 4.73. The van der Waals surface area contributed by atoms with Crippen LogP contribution in [-0.2, 0) is 9.53 Å². The van der Waals surface area contributed by atoms with Crippen LogP contribution in [0, 0.1) is 12.8 Å². The van der Waals surface area contributed by atoms with Crippen molar-refractivity contribution >= 4 is 11.9 Å². The Morgan fingerprint density at radius 3 is 2.95 bits per heavy atom. The van der Waals surface area contributed by atoms with Gasteiger partial charge in [0, 0.05) is 13.1 Å². The summed E-state index contributed by atoms with van der Waals surface area (Å²) in [6.07, 6.45) is 3.12. The van der Waals surface area contributed by atoms with Gasteiger partial charge in [0.1, 0.15) is 5.76 Å². The SMILES string of the molecule is CCOC(=O)[C@H]1CCCN(C(=O)c2ccoc2C)C1. The molecule has 1 saturated heterocycles. The zero-order valence-corrected chi connectivity index (χ0v) is 11.3. The van der Waals surface area contributed by atoms with Gasteiger partial charge in [0.2, 0.25) is 0 Å². The van der Waals surface area contributed by atoms with Gasteiger partial charge in [0.25, 0.3) is 5.91 Å². The van der Waals surface area contributed by atoms with Crippen molar-refractivity contribution in [2.24, 2.45) is 5.92 Å². The molecule has 19 heavy (non-hydrogen) atoms. The molecule has 5 heteroatoms. The van der Waals surface area contributed by atoms with Gasteiger partial charge in [0.15, 0.2) is 0 Å². The molecular formula is C14H19NO4. The summed E-state index contributed by atoms with van der Waals surface area (Å²) in [5, 5.41) is 0. The van der Waals surface area contributed by atoms with E-state index in [0.29, 0.717) is 31.0 Å². The number of amides is 1. The number of aryl methyl sites for hydroxylation is 1. The van der Waals surface area contributed by atoms with Gasteiger partial charge in [-0.25, -0.2) is 0 Å². The number of carbonyl (C=O) groups is 2. The Bertz CT molecular complexity index is 466. The van der Waals surface area contributed by atoms with E-state index in [-0.39, 0.29) is 17.8 Å². The van der Waals surface area contributed by atoms with Crippen LogP contribution < -0.4 is 0 Å². The third-order valence-corrected chi connectivity index (χ3v) is 3.42. The first kappa shape index (κ1) is 13.6. The van der Waals surface area contributed by atoms with Gasteiger partial charge in [-0.3, -0.25) is 9.59 Å². The van der Waals surface area contributed by atoms with E-state index >= 15 is 0 Å². The first-order chi connectivity index (χ1) is 9.13. The van der Waals surface area contributed by atoms with Crippen LogP contribution in [0.1, 0.15) is 35.9 Å². The Balaban J connectivity index is 2.03. The van der Waals surface area contributed by atoms with E-state index in [2.05, 4.69) is 0 Å². The lowest BCUT2D eigenvalue weighted by atomic mass is 9.97. The second-order valence-corrected chi connectivity index (χ2v) is 4.73. The molecule has 1 aromatic rings. The predicted octanol–water partition coefficient (Wildman–Crippen LogP) is 2.00. The quantitative estimate of drug-likeness (QED) is 0.784. The number of hydrogen-bond donors (Lipinski definition) is 0. The van der Waals surface area contributed by atoms with Crippen LogP contribution in [0.5, 0.6) is 0 Å². The number of rotatable bonds is 3. The molecular weight excluding hydrogens is 246 g/mol. The highest BCUT2D eigenvalue weighted by molar-refractivity contribution is 5.95. The highest BCUT2D eigenvalue weighted by Gasteiger charge is 2.30. The predicted molar refractivity (Wildman–Crippen MR) is 68.7 cm³/mol. The van der Waals surface area contributed by atoms with E-state index in [1.165, 1.54) is 6.26 Å². The van der Waals surface area contributed by atoms with Gasteiger partial charge < -0.3 is 14.1 Å². The summed E-state index contributed by atoms with van der Waals surface area (Å²) >= 11 is 0. The van der Waals surface area contributed by atoms with Gasteiger partial charge in [-0.05, 0) is 32.8 Å². The van der Waals surface area contributed by atoms with Gasteiger partial charge in [-0.2, -0.15) is 0 Å². The molecule has 2 rings (SSSR count). The minimum Gasteiger partial charge on any atom is -0.469 e. The standard InChI is InChI=1S/C14H19NO4/c1-3-18-14(17)11-5-4-7-15(9-11)13(16)12-6-8-19-10(12)2/h6,8,11H,3-5,7,9H2,1-2H3/t11-/m0/s1. The molecule has 104 valence electrons. The van der Waals surface area contributed by atoms with Gasteiger partial charge in [-0.15, -0.1) is 0 Å². The molecule has 1 atom stereocenters. The lowest BCUT2D eigenvalue weighted by Crippen LogP contribution is -2.42. The number of nitrogens with zero attached hydrogens (tertiary/aromatic N) is 1. The lowest BCUT2D eigenvalue weighted by molar-refractivity contribution is -0.149. The average molecular weight is 265 g/mol. The molecule has 1 fully saturated rings. The van der Waals surface area contributed by atoms with Crippen LogP contribution in [0.2, 0.25) is 0 Å². The second kappa shape index (κ2) is 5.91. The summed E-state index contributed by atoms with van der Waals surface area (Å²) in [5.74, 6) is 0.136. The fraction of sp³-hybridized carbons (Fsp3) is 0.571. The Kier molecular flexibility index (Phi) is 4.24. The maximum absolute atomic E-state index is 12.3. The molecule has 0 radical (unpaired) electrons. The Morgan fingerprint density at radius 2 is 2.32 bits per heavy atom. The zero-order chi connectivity index (χ0) is 13.8. The number of furan rings is 1. The first-order valence-electron chi connectivity index (χ1n) is 6.63. The highest BCUT2D eigenvalue weighted by Crippen LogP contribution is 2.21. The number of ether oxygens (including phenoxy) is 1. The molecule has 0 spiro atoms. The minimum absolute atomic E-state index is 0.0692. The molecule has 0 bridgehead atoms. The molecule has 5 nitrogen and oxygen atoms in total. The van der Waals surface area contributed by atoms with Gasteiger partial charge in [-0.1, -0.05) is 0 Å². The van der Waals surface area contributed by atoms with Crippen LogP contribution in [0.15, 0.2) is 16.7 Å². The molecule has 1 aliphatic heterocycles. The average Bonchev–Trinajstić information content (AvgIpc) is 2.84. The minimum atomic E-state index is -0.205. The van der Waals surface area contributed by atoms with Crippen molar-refractivity contribution in [1.82, 2.24) is 4.90 Å². The van der Waals surface area contributed by atoms with Crippen molar-refractivity contribution in [3.8, 4) is 0 Å². The van der Waals surface area contributed by atoms with E-state index in [1.54, 1.807) is 24.8 Å². The highest BCUT2D eigenvalue weighted by atomic mass is 16.5. The molecule has 0 N–H and O–H groups in total. The molecule has 1 aliphatic rings. The van der Waals surface area contributed by atoms with Crippen molar-refractivity contribution < 1.29 is 18.7 Å². The topological polar surface area (TPSA) is 59.8 Å². The van der Waals surface area contributed by atoms with Crippen molar-refractivity contribution in [2.75, 3.05) is 19.7 Å². The monoisotopic (exact) mass is 265 g/mol. The van der Waals surface area contributed by atoms with E-state index in [0.717, 1.165) is 12.8 Å². The number of hydrogen-bond acceptors (Lipinski definition) is 4. The third-order valence-electron chi connectivity index (χ3n) is 3.42. The summed E-state index contributed by atoms with van der Waals surface area (Å²) < 4.78 is 10.2. The summed E-state index contributed by atoms with van der Waals surface area (Å²) in [5.41, 5.74) is 0.574. The van der Waals surface area contributed by atoms with Crippen molar-refractivity contribution in [3.63, 3.8) is 0 Å². The Morgan fingerprint density at radius 1 is 1.53 bits per heavy atom. The normalized spacial score (nSPS) is 19.3. The fourth-order valence-corrected chi connectivity index (χ4v) is 2.39. The van der Waals surface area contributed by atoms with Crippen LogP contribution in [0.3, 0.4) is 0 Å². The van der Waals surface area contributed by atoms with E-state index in [4.69, 9.17) is 9.15 Å². The third kappa shape index (κ3) is 2.97. The first-order valence-corrected chi connectivity index (χ1v) is 6.63. The van der Waals surface area contributed by atoms with Crippen LogP contribution in [0.25, 0.3) is 0 Å². The van der Waals surface area contributed by atoms with Crippen LogP contribution in [-0.4, -0.2) is 36.5 Å². The molecule has 0 aromatic carbocycles.